The summed E-state index contributed by atoms with van der Waals surface area (Å²) >= 11 is 0. The van der Waals surface area contributed by atoms with Crippen LogP contribution in [0.2, 0.25) is 0 Å². The van der Waals surface area contributed by atoms with Crippen LogP contribution in [0.5, 0.6) is 0 Å². The SMILES string of the molecule is COC1CCCCC1(CN)N(C)CC1CCN(C)C1. The first-order valence-electron chi connectivity index (χ1n) is 7.75. The van der Waals surface area contributed by atoms with Gasteiger partial charge in [-0.25, -0.2) is 0 Å². The molecule has 1 saturated carbocycles. The molecule has 112 valence electrons. The molecule has 0 bridgehead atoms. The average Bonchev–Trinajstić information content (AvgIpc) is 2.83. The Kier molecular flexibility index (Phi) is 5.23. The highest BCUT2D eigenvalue weighted by Gasteiger charge is 2.44. The number of nitrogens with zero attached hydrogens (tertiary/aromatic N) is 2. The summed E-state index contributed by atoms with van der Waals surface area (Å²) in [7, 11) is 6.32. The van der Waals surface area contributed by atoms with Crippen LogP contribution in [0.3, 0.4) is 0 Å². The lowest BCUT2D eigenvalue weighted by Crippen LogP contribution is -2.62. The highest BCUT2D eigenvalue weighted by molar-refractivity contribution is 5.00. The third-order valence-corrected chi connectivity index (χ3v) is 5.34. The zero-order valence-electron chi connectivity index (χ0n) is 12.9. The largest absolute Gasteiger partial charge is 0.379 e. The van der Waals surface area contributed by atoms with Gasteiger partial charge in [0.15, 0.2) is 0 Å². The molecule has 2 N–H and O–H groups in total. The van der Waals surface area contributed by atoms with E-state index in [0.29, 0.717) is 12.6 Å². The van der Waals surface area contributed by atoms with Crippen LogP contribution in [0.25, 0.3) is 0 Å². The first kappa shape index (κ1) is 15.2. The van der Waals surface area contributed by atoms with Crippen molar-refractivity contribution in [2.24, 2.45) is 11.7 Å². The fraction of sp³-hybridized carbons (Fsp3) is 1.00. The van der Waals surface area contributed by atoms with Gasteiger partial charge in [-0.1, -0.05) is 12.8 Å². The van der Waals surface area contributed by atoms with Crippen molar-refractivity contribution in [2.75, 3.05) is 47.4 Å². The lowest BCUT2D eigenvalue weighted by molar-refractivity contribution is -0.0695. The summed E-state index contributed by atoms with van der Waals surface area (Å²) < 4.78 is 5.77. The molecule has 1 aliphatic carbocycles. The van der Waals surface area contributed by atoms with Gasteiger partial charge < -0.3 is 15.4 Å². The molecule has 0 aromatic heterocycles. The quantitative estimate of drug-likeness (QED) is 0.813. The van der Waals surface area contributed by atoms with E-state index in [2.05, 4.69) is 23.9 Å². The van der Waals surface area contributed by atoms with Crippen LogP contribution in [0.4, 0.5) is 0 Å². The molecule has 1 heterocycles. The van der Waals surface area contributed by atoms with E-state index >= 15 is 0 Å². The monoisotopic (exact) mass is 269 g/mol. The summed E-state index contributed by atoms with van der Waals surface area (Å²) in [6.07, 6.45) is 6.52. The lowest BCUT2D eigenvalue weighted by Gasteiger charge is -2.49. The molecule has 2 fully saturated rings. The van der Waals surface area contributed by atoms with E-state index in [9.17, 15) is 0 Å². The minimum atomic E-state index is 0.0637. The molecule has 3 unspecified atom stereocenters. The number of hydrogen-bond acceptors (Lipinski definition) is 4. The van der Waals surface area contributed by atoms with E-state index in [4.69, 9.17) is 10.5 Å². The van der Waals surface area contributed by atoms with Crippen LogP contribution < -0.4 is 5.73 Å². The topological polar surface area (TPSA) is 41.7 Å². The van der Waals surface area contributed by atoms with Crippen molar-refractivity contribution in [1.29, 1.82) is 0 Å². The van der Waals surface area contributed by atoms with E-state index in [-0.39, 0.29) is 5.54 Å². The van der Waals surface area contributed by atoms with E-state index in [1.54, 1.807) is 0 Å². The van der Waals surface area contributed by atoms with Crippen molar-refractivity contribution in [2.45, 2.75) is 43.7 Å². The smallest absolute Gasteiger partial charge is 0.0767 e. The fourth-order valence-electron chi connectivity index (χ4n) is 4.10. The Morgan fingerprint density at radius 2 is 2.16 bits per heavy atom. The van der Waals surface area contributed by atoms with Gasteiger partial charge in [0.1, 0.15) is 0 Å². The predicted octanol–water partition coefficient (Wildman–Crippen LogP) is 1.16. The number of hydrogen-bond donors (Lipinski definition) is 1. The maximum absolute atomic E-state index is 6.17. The molecule has 1 aliphatic heterocycles. The Balaban J connectivity index is 2.02. The van der Waals surface area contributed by atoms with Crippen molar-refractivity contribution in [3.63, 3.8) is 0 Å². The lowest BCUT2D eigenvalue weighted by atomic mass is 9.77. The molecule has 3 atom stereocenters. The first-order chi connectivity index (χ1) is 9.12. The Morgan fingerprint density at radius 3 is 2.74 bits per heavy atom. The average molecular weight is 269 g/mol. The maximum Gasteiger partial charge on any atom is 0.0767 e. The molecule has 2 rings (SSSR count). The molecule has 4 heteroatoms. The number of ether oxygens (including phenoxy) is 1. The third kappa shape index (κ3) is 3.13. The van der Waals surface area contributed by atoms with Gasteiger partial charge in [0.05, 0.1) is 11.6 Å². The second kappa shape index (κ2) is 6.53. The molecule has 0 radical (unpaired) electrons. The summed E-state index contributed by atoms with van der Waals surface area (Å²) in [4.78, 5) is 4.95. The van der Waals surface area contributed by atoms with Crippen molar-refractivity contribution in [3.8, 4) is 0 Å². The van der Waals surface area contributed by atoms with E-state index in [1.807, 2.05) is 7.11 Å². The van der Waals surface area contributed by atoms with E-state index < -0.39 is 0 Å². The van der Waals surface area contributed by atoms with Gasteiger partial charge in [-0.05, 0) is 45.8 Å². The van der Waals surface area contributed by atoms with Gasteiger partial charge in [-0.3, -0.25) is 4.90 Å². The predicted molar refractivity (Wildman–Crippen MR) is 79.3 cm³/mol. The van der Waals surface area contributed by atoms with Gasteiger partial charge in [-0.15, -0.1) is 0 Å². The number of methoxy groups -OCH3 is 1. The summed E-state index contributed by atoms with van der Waals surface area (Å²) in [5.41, 5.74) is 6.24. The van der Waals surface area contributed by atoms with Crippen molar-refractivity contribution in [3.05, 3.63) is 0 Å². The molecule has 4 nitrogen and oxygen atoms in total. The van der Waals surface area contributed by atoms with Crippen LogP contribution in [-0.2, 0) is 4.74 Å². The summed E-state index contributed by atoms with van der Waals surface area (Å²) in [6.45, 7) is 4.33. The van der Waals surface area contributed by atoms with Crippen molar-refractivity contribution >= 4 is 0 Å². The Bertz CT molecular complexity index is 287. The Labute approximate surface area is 118 Å². The third-order valence-electron chi connectivity index (χ3n) is 5.34. The van der Waals surface area contributed by atoms with Crippen LogP contribution in [0.1, 0.15) is 32.1 Å². The van der Waals surface area contributed by atoms with Gasteiger partial charge in [0, 0.05) is 26.7 Å². The van der Waals surface area contributed by atoms with Crippen molar-refractivity contribution < 1.29 is 4.74 Å². The van der Waals surface area contributed by atoms with Gasteiger partial charge >= 0.3 is 0 Å². The van der Waals surface area contributed by atoms with Gasteiger partial charge in [0.25, 0.3) is 0 Å². The number of rotatable bonds is 5. The number of likely N-dealkylation sites (N-methyl/N-ethyl adjacent to an activating group) is 1. The Morgan fingerprint density at radius 1 is 1.37 bits per heavy atom. The number of nitrogens with two attached hydrogens (primary N) is 1. The minimum absolute atomic E-state index is 0.0637. The van der Waals surface area contributed by atoms with Crippen LogP contribution >= 0.6 is 0 Å². The maximum atomic E-state index is 6.17. The summed E-state index contributed by atoms with van der Waals surface area (Å²) in [5.74, 6) is 0.790. The first-order valence-corrected chi connectivity index (χ1v) is 7.75. The Hall–Kier alpha value is -0.160. The van der Waals surface area contributed by atoms with E-state index in [1.165, 1.54) is 38.8 Å². The second-order valence-electron chi connectivity index (χ2n) is 6.58. The number of likely N-dealkylation sites (tertiary alicyclic amines) is 1. The van der Waals surface area contributed by atoms with Crippen LogP contribution in [-0.4, -0.2) is 68.8 Å². The molecular weight excluding hydrogens is 238 g/mol. The minimum Gasteiger partial charge on any atom is -0.379 e. The summed E-state index contributed by atoms with van der Waals surface area (Å²) in [6, 6.07) is 0. The molecule has 0 spiro atoms. The van der Waals surface area contributed by atoms with Gasteiger partial charge in [0.2, 0.25) is 0 Å². The second-order valence-corrected chi connectivity index (χ2v) is 6.58. The zero-order chi connectivity index (χ0) is 13.9. The summed E-state index contributed by atoms with van der Waals surface area (Å²) in [5, 5.41) is 0. The van der Waals surface area contributed by atoms with Crippen molar-refractivity contribution in [1.82, 2.24) is 9.80 Å². The highest BCUT2D eigenvalue weighted by atomic mass is 16.5. The van der Waals surface area contributed by atoms with Gasteiger partial charge in [-0.2, -0.15) is 0 Å². The molecule has 19 heavy (non-hydrogen) atoms. The zero-order valence-corrected chi connectivity index (χ0v) is 12.9. The molecule has 1 saturated heterocycles. The van der Waals surface area contributed by atoms with Crippen LogP contribution in [0.15, 0.2) is 0 Å². The molecule has 0 amide bonds. The molecule has 0 aromatic carbocycles. The van der Waals surface area contributed by atoms with Crippen LogP contribution in [0, 0.1) is 5.92 Å². The normalized spacial score (nSPS) is 37.1. The fourth-order valence-corrected chi connectivity index (χ4v) is 4.10. The molecule has 0 aromatic rings. The standard InChI is InChI=1S/C15H31N3O/c1-17-9-7-13(10-17)11-18(2)15(12-16)8-5-4-6-14(15)19-3/h13-14H,4-12,16H2,1-3H3. The molecular formula is C15H31N3O. The van der Waals surface area contributed by atoms with E-state index in [0.717, 1.165) is 18.9 Å². The highest BCUT2D eigenvalue weighted by Crippen LogP contribution is 2.35. The molecule has 2 aliphatic rings.